The van der Waals surface area contributed by atoms with Gasteiger partial charge in [0.15, 0.2) is 0 Å². The SMILES string of the molecule is Cn1ncc(N)c1C(=O)NC1COc2ccccc21. The highest BCUT2D eigenvalue weighted by Crippen LogP contribution is 2.31. The van der Waals surface area contributed by atoms with E-state index in [0.717, 1.165) is 11.3 Å². The van der Waals surface area contributed by atoms with Gasteiger partial charge in [-0.05, 0) is 6.07 Å². The summed E-state index contributed by atoms with van der Waals surface area (Å²) >= 11 is 0. The molecule has 1 atom stereocenters. The highest BCUT2D eigenvalue weighted by atomic mass is 16.5. The van der Waals surface area contributed by atoms with Gasteiger partial charge in [0, 0.05) is 12.6 Å². The molecular formula is C13H14N4O2. The average Bonchev–Trinajstić information content (AvgIpc) is 2.94. The number of nitrogens with two attached hydrogens (primary N) is 1. The van der Waals surface area contributed by atoms with E-state index in [1.807, 2.05) is 24.3 Å². The van der Waals surface area contributed by atoms with Crippen molar-refractivity contribution in [1.82, 2.24) is 15.1 Å². The summed E-state index contributed by atoms with van der Waals surface area (Å²) in [6.45, 7) is 0.433. The molecule has 0 bridgehead atoms. The zero-order valence-electron chi connectivity index (χ0n) is 10.5. The van der Waals surface area contributed by atoms with Crippen LogP contribution in [-0.4, -0.2) is 22.3 Å². The van der Waals surface area contributed by atoms with Crippen LogP contribution in [0.4, 0.5) is 5.69 Å². The number of nitrogens with zero attached hydrogens (tertiary/aromatic N) is 2. The first-order valence-electron chi connectivity index (χ1n) is 5.97. The maximum absolute atomic E-state index is 12.2. The molecule has 0 saturated heterocycles. The largest absolute Gasteiger partial charge is 0.491 e. The van der Waals surface area contributed by atoms with Crippen molar-refractivity contribution in [2.45, 2.75) is 6.04 Å². The van der Waals surface area contributed by atoms with Gasteiger partial charge in [-0.2, -0.15) is 5.10 Å². The van der Waals surface area contributed by atoms with Gasteiger partial charge in [-0.25, -0.2) is 0 Å². The van der Waals surface area contributed by atoms with Gasteiger partial charge >= 0.3 is 0 Å². The number of fused-ring (bicyclic) bond motifs is 1. The fourth-order valence-electron chi connectivity index (χ4n) is 2.24. The second-order valence-corrected chi connectivity index (χ2v) is 4.45. The number of amides is 1. The normalized spacial score (nSPS) is 16.8. The lowest BCUT2D eigenvalue weighted by Crippen LogP contribution is -2.31. The summed E-state index contributed by atoms with van der Waals surface area (Å²) in [5, 5.41) is 6.87. The molecule has 3 rings (SSSR count). The summed E-state index contributed by atoms with van der Waals surface area (Å²) < 4.78 is 6.99. The Morgan fingerprint density at radius 2 is 2.32 bits per heavy atom. The van der Waals surface area contributed by atoms with E-state index in [0.29, 0.717) is 18.0 Å². The lowest BCUT2D eigenvalue weighted by Gasteiger charge is -2.12. The minimum Gasteiger partial charge on any atom is -0.491 e. The van der Waals surface area contributed by atoms with Crippen LogP contribution in [0, 0.1) is 0 Å². The number of carbonyl (C=O) groups excluding carboxylic acids is 1. The second-order valence-electron chi connectivity index (χ2n) is 4.45. The van der Waals surface area contributed by atoms with Gasteiger partial charge in [-0.3, -0.25) is 9.48 Å². The van der Waals surface area contributed by atoms with Crippen molar-refractivity contribution in [1.29, 1.82) is 0 Å². The molecule has 0 radical (unpaired) electrons. The van der Waals surface area contributed by atoms with Gasteiger partial charge in [0.1, 0.15) is 18.1 Å². The predicted octanol–water partition coefficient (Wildman–Crippen LogP) is 0.866. The van der Waals surface area contributed by atoms with Crippen molar-refractivity contribution in [2.75, 3.05) is 12.3 Å². The molecule has 0 aliphatic carbocycles. The smallest absolute Gasteiger partial charge is 0.272 e. The number of nitrogens with one attached hydrogen (secondary N) is 1. The highest BCUT2D eigenvalue weighted by molar-refractivity contribution is 5.97. The van der Waals surface area contributed by atoms with E-state index in [2.05, 4.69) is 10.4 Å². The number of anilines is 1. The first kappa shape index (κ1) is 11.6. The van der Waals surface area contributed by atoms with E-state index in [1.54, 1.807) is 7.05 Å². The Morgan fingerprint density at radius 1 is 1.53 bits per heavy atom. The Balaban J connectivity index is 1.82. The van der Waals surface area contributed by atoms with Crippen LogP contribution in [0.25, 0.3) is 0 Å². The van der Waals surface area contributed by atoms with Gasteiger partial charge in [0.25, 0.3) is 5.91 Å². The number of rotatable bonds is 2. The van der Waals surface area contributed by atoms with Crippen LogP contribution >= 0.6 is 0 Å². The van der Waals surface area contributed by atoms with Crippen LogP contribution in [-0.2, 0) is 7.05 Å². The minimum absolute atomic E-state index is 0.155. The third kappa shape index (κ3) is 1.91. The van der Waals surface area contributed by atoms with Gasteiger partial charge in [0.05, 0.1) is 17.9 Å². The Morgan fingerprint density at radius 3 is 3.05 bits per heavy atom. The first-order valence-corrected chi connectivity index (χ1v) is 5.97. The molecule has 1 aromatic carbocycles. The van der Waals surface area contributed by atoms with E-state index >= 15 is 0 Å². The molecule has 0 fully saturated rings. The number of carbonyl (C=O) groups is 1. The molecule has 0 spiro atoms. The van der Waals surface area contributed by atoms with Crippen LogP contribution in [0.1, 0.15) is 22.1 Å². The summed E-state index contributed by atoms with van der Waals surface area (Å²) in [6.07, 6.45) is 1.47. The van der Waals surface area contributed by atoms with Crippen molar-refractivity contribution < 1.29 is 9.53 Å². The fraction of sp³-hybridized carbons (Fsp3) is 0.231. The summed E-state index contributed by atoms with van der Waals surface area (Å²) in [5.41, 5.74) is 7.45. The van der Waals surface area contributed by atoms with Crippen LogP contribution in [0.2, 0.25) is 0 Å². The predicted molar refractivity (Wildman–Crippen MR) is 69.8 cm³/mol. The number of hydrogen-bond acceptors (Lipinski definition) is 4. The Labute approximate surface area is 110 Å². The summed E-state index contributed by atoms with van der Waals surface area (Å²) in [5.74, 6) is 0.564. The highest BCUT2D eigenvalue weighted by Gasteiger charge is 2.27. The molecule has 98 valence electrons. The molecule has 1 aromatic heterocycles. The minimum atomic E-state index is -0.247. The zero-order chi connectivity index (χ0) is 13.4. The van der Waals surface area contributed by atoms with Gasteiger partial charge < -0.3 is 15.8 Å². The summed E-state index contributed by atoms with van der Waals surface area (Å²) in [6, 6.07) is 7.51. The van der Waals surface area contributed by atoms with Gasteiger partial charge in [-0.15, -0.1) is 0 Å². The van der Waals surface area contributed by atoms with E-state index in [4.69, 9.17) is 10.5 Å². The van der Waals surface area contributed by atoms with E-state index in [1.165, 1.54) is 10.9 Å². The molecular weight excluding hydrogens is 244 g/mol. The molecule has 3 N–H and O–H groups in total. The van der Waals surface area contributed by atoms with Gasteiger partial charge in [0.2, 0.25) is 0 Å². The third-order valence-corrected chi connectivity index (χ3v) is 3.19. The van der Waals surface area contributed by atoms with Crippen LogP contribution in [0.5, 0.6) is 5.75 Å². The standard InChI is InChI=1S/C13H14N4O2/c1-17-12(9(14)6-15-17)13(18)16-10-7-19-11-5-3-2-4-8(10)11/h2-6,10H,7,14H2,1H3,(H,16,18). The van der Waals surface area contributed by atoms with E-state index in [9.17, 15) is 4.79 Å². The quantitative estimate of drug-likeness (QED) is 0.837. The van der Waals surface area contributed by atoms with Crippen molar-refractivity contribution in [2.24, 2.45) is 7.05 Å². The monoisotopic (exact) mass is 258 g/mol. The average molecular weight is 258 g/mol. The number of aryl methyl sites for hydroxylation is 1. The maximum atomic E-state index is 12.2. The van der Waals surface area contributed by atoms with E-state index < -0.39 is 0 Å². The lowest BCUT2D eigenvalue weighted by atomic mass is 10.1. The topological polar surface area (TPSA) is 82.2 Å². The van der Waals surface area contributed by atoms with E-state index in [-0.39, 0.29) is 11.9 Å². The van der Waals surface area contributed by atoms with Crippen LogP contribution in [0.3, 0.4) is 0 Å². The Kier molecular flexibility index (Phi) is 2.63. The molecule has 6 nitrogen and oxygen atoms in total. The Bertz CT molecular complexity index is 616. The van der Waals surface area contributed by atoms with Crippen molar-refractivity contribution in [3.8, 4) is 5.75 Å². The number of para-hydroxylation sites is 1. The molecule has 1 amide bonds. The summed E-state index contributed by atoms with van der Waals surface area (Å²) in [7, 11) is 1.68. The third-order valence-electron chi connectivity index (χ3n) is 3.19. The van der Waals surface area contributed by atoms with Gasteiger partial charge in [-0.1, -0.05) is 18.2 Å². The lowest BCUT2D eigenvalue weighted by molar-refractivity contribution is 0.0921. The maximum Gasteiger partial charge on any atom is 0.272 e. The molecule has 1 aliphatic rings. The number of ether oxygens (including phenoxy) is 1. The van der Waals surface area contributed by atoms with Crippen LogP contribution in [0.15, 0.2) is 30.5 Å². The zero-order valence-corrected chi connectivity index (χ0v) is 10.5. The number of nitrogen functional groups attached to an aromatic ring is 1. The molecule has 6 heteroatoms. The van der Waals surface area contributed by atoms with Crippen molar-refractivity contribution in [3.63, 3.8) is 0 Å². The van der Waals surface area contributed by atoms with Crippen LogP contribution < -0.4 is 15.8 Å². The second kappa shape index (κ2) is 4.31. The van der Waals surface area contributed by atoms with Crippen molar-refractivity contribution >= 4 is 11.6 Å². The molecule has 1 unspecified atom stereocenters. The number of benzene rings is 1. The van der Waals surface area contributed by atoms with Crippen molar-refractivity contribution in [3.05, 3.63) is 41.7 Å². The molecule has 2 aromatic rings. The fourth-order valence-corrected chi connectivity index (χ4v) is 2.24. The number of hydrogen-bond donors (Lipinski definition) is 2. The number of aromatic nitrogens is 2. The molecule has 1 aliphatic heterocycles. The first-order chi connectivity index (χ1) is 9.16. The molecule has 19 heavy (non-hydrogen) atoms. The Hall–Kier alpha value is -2.50. The summed E-state index contributed by atoms with van der Waals surface area (Å²) in [4.78, 5) is 12.2. The molecule has 0 saturated carbocycles. The molecule has 2 heterocycles.